The highest BCUT2D eigenvalue weighted by Crippen LogP contribution is 2.29. The maximum atomic E-state index is 13.0. The molecule has 11 heteroatoms. The van der Waals surface area contributed by atoms with Crippen molar-refractivity contribution in [3.05, 3.63) is 56.1 Å². The molecule has 0 unspecified atom stereocenters. The van der Waals surface area contributed by atoms with Crippen LogP contribution in [0, 0.1) is 0 Å². The highest BCUT2D eigenvalue weighted by molar-refractivity contribution is 7.92. The largest absolute Gasteiger partial charge is 0.444 e. The number of amides is 2. The number of fused-ring (bicyclic) bond motifs is 1. The Balaban J connectivity index is 1.43. The number of sulfonamides is 1. The van der Waals surface area contributed by atoms with Gasteiger partial charge < -0.3 is 14.5 Å². The first kappa shape index (κ1) is 25.7. The van der Waals surface area contributed by atoms with Gasteiger partial charge in [-0.1, -0.05) is 17.7 Å². The number of carbonyl (C=O) groups is 2. The van der Waals surface area contributed by atoms with E-state index in [-0.39, 0.29) is 12.0 Å². The summed E-state index contributed by atoms with van der Waals surface area (Å²) < 4.78 is 33.5. The van der Waals surface area contributed by atoms with Crippen molar-refractivity contribution in [2.45, 2.75) is 51.8 Å². The zero-order chi connectivity index (χ0) is 25.4. The Morgan fingerprint density at radius 3 is 2.66 bits per heavy atom. The summed E-state index contributed by atoms with van der Waals surface area (Å²) in [7, 11) is -3.81. The van der Waals surface area contributed by atoms with Crippen molar-refractivity contribution in [3.63, 3.8) is 0 Å². The van der Waals surface area contributed by atoms with Crippen LogP contribution in [0.1, 0.15) is 43.2 Å². The van der Waals surface area contributed by atoms with Crippen LogP contribution >= 0.6 is 22.9 Å². The van der Waals surface area contributed by atoms with Crippen LogP contribution in [0.3, 0.4) is 0 Å². The van der Waals surface area contributed by atoms with E-state index in [0.717, 1.165) is 16.5 Å². The maximum Gasteiger partial charge on any atom is 0.410 e. The summed E-state index contributed by atoms with van der Waals surface area (Å²) in [6, 6.07) is 8.32. The first-order valence-corrected chi connectivity index (χ1v) is 14.0. The van der Waals surface area contributed by atoms with E-state index >= 15 is 0 Å². The third-order valence-corrected chi connectivity index (χ3v) is 7.99. The van der Waals surface area contributed by atoms with E-state index in [9.17, 15) is 18.0 Å². The fourth-order valence-electron chi connectivity index (χ4n) is 4.05. The molecule has 2 aliphatic heterocycles. The predicted molar refractivity (Wildman–Crippen MR) is 138 cm³/mol. The van der Waals surface area contributed by atoms with Crippen molar-refractivity contribution < 1.29 is 22.7 Å². The van der Waals surface area contributed by atoms with Gasteiger partial charge in [0.2, 0.25) is 15.9 Å². The Morgan fingerprint density at radius 1 is 1.20 bits per heavy atom. The van der Waals surface area contributed by atoms with Gasteiger partial charge in [0.25, 0.3) is 0 Å². The molecule has 0 bridgehead atoms. The molecule has 0 spiro atoms. The molecule has 0 saturated carbocycles. The van der Waals surface area contributed by atoms with E-state index in [2.05, 4.69) is 4.72 Å². The highest BCUT2D eigenvalue weighted by atomic mass is 35.5. The summed E-state index contributed by atoms with van der Waals surface area (Å²) in [5.41, 5.74) is 2.19. The molecule has 1 aromatic heterocycles. The Morgan fingerprint density at radius 2 is 1.97 bits per heavy atom. The van der Waals surface area contributed by atoms with E-state index in [4.69, 9.17) is 16.3 Å². The van der Waals surface area contributed by atoms with Gasteiger partial charge in [-0.05, 0) is 75.1 Å². The average Bonchev–Trinajstić information content (AvgIpc) is 3.35. The van der Waals surface area contributed by atoms with Crippen LogP contribution in [0.4, 0.5) is 10.5 Å². The number of benzene rings is 1. The SMILES string of the molecule is CC(C)(C)OC(=O)N1CCc2ccc(N3CC[C@H](NS(=O)(=O)C=Cc4ccc(Cl)s4)C3=O)cc2C1. The molecule has 1 saturated heterocycles. The first-order chi connectivity index (χ1) is 16.4. The van der Waals surface area contributed by atoms with Gasteiger partial charge in [0.1, 0.15) is 11.6 Å². The van der Waals surface area contributed by atoms with Crippen LogP contribution in [0.5, 0.6) is 0 Å². The summed E-state index contributed by atoms with van der Waals surface area (Å²) in [5.74, 6) is -0.305. The molecule has 8 nitrogen and oxygen atoms in total. The second kappa shape index (κ2) is 9.93. The van der Waals surface area contributed by atoms with Crippen LogP contribution in [-0.2, 0) is 32.5 Å². The van der Waals surface area contributed by atoms with Crippen LogP contribution < -0.4 is 9.62 Å². The number of rotatable bonds is 5. The third kappa shape index (κ3) is 6.43. The lowest BCUT2D eigenvalue weighted by molar-refractivity contribution is -0.118. The summed E-state index contributed by atoms with van der Waals surface area (Å²) in [6.07, 6.45) is 2.15. The lowest BCUT2D eigenvalue weighted by Gasteiger charge is -2.32. The summed E-state index contributed by atoms with van der Waals surface area (Å²) in [5, 5.41) is 1.05. The Labute approximate surface area is 214 Å². The van der Waals surface area contributed by atoms with Gasteiger partial charge in [0.05, 0.1) is 4.34 Å². The molecule has 2 amide bonds. The van der Waals surface area contributed by atoms with Crippen LogP contribution in [0.15, 0.2) is 35.7 Å². The molecule has 188 valence electrons. The first-order valence-electron chi connectivity index (χ1n) is 11.3. The molecule has 2 aliphatic rings. The van der Waals surface area contributed by atoms with Gasteiger partial charge in [0, 0.05) is 35.6 Å². The van der Waals surface area contributed by atoms with Crippen molar-refractivity contribution in [1.29, 1.82) is 0 Å². The number of anilines is 1. The molecule has 2 aromatic rings. The standard InChI is InChI=1S/C24H28ClN3O5S2/c1-24(2,3)33-23(30)27-11-8-16-4-5-18(14-17(16)15-27)28-12-9-20(22(28)29)26-35(31,32)13-10-19-6-7-21(25)34-19/h4-7,10,13-14,20,26H,8-9,11-12,15H2,1-3H3/t20-/m0/s1. The number of thiophene rings is 1. The van der Waals surface area contributed by atoms with E-state index in [1.807, 2.05) is 39.0 Å². The molecule has 3 heterocycles. The van der Waals surface area contributed by atoms with Crippen LogP contribution in [0.25, 0.3) is 6.08 Å². The molecular weight excluding hydrogens is 510 g/mol. The Kier molecular flexibility index (Phi) is 7.28. The molecule has 1 aromatic carbocycles. The smallest absolute Gasteiger partial charge is 0.410 e. The molecular formula is C24H28ClN3O5S2. The fourth-order valence-corrected chi connectivity index (χ4v) is 6.12. The number of ether oxygens (including phenoxy) is 1. The van der Waals surface area contributed by atoms with E-state index in [1.54, 1.807) is 21.9 Å². The molecule has 35 heavy (non-hydrogen) atoms. The zero-order valence-electron chi connectivity index (χ0n) is 19.8. The van der Waals surface area contributed by atoms with Crippen molar-refractivity contribution in [3.8, 4) is 0 Å². The lowest BCUT2D eigenvalue weighted by Crippen LogP contribution is -2.41. The Hall–Kier alpha value is -2.40. The van der Waals surface area contributed by atoms with Gasteiger partial charge in [-0.15, -0.1) is 11.3 Å². The minimum Gasteiger partial charge on any atom is -0.444 e. The molecule has 1 atom stereocenters. The van der Waals surface area contributed by atoms with Gasteiger partial charge in [-0.2, -0.15) is 4.72 Å². The van der Waals surface area contributed by atoms with Crippen molar-refractivity contribution >= 4 is 56.7 Å². The topological polar surface area (TPSA) is 96.0 Å². The van der Waals surface area contributed by atoms with Crippen molar-refractivity contribution in [1.82, 2.24) is 9.62 Å². The minimum atomic E-state index is -3.81. The molecule has 1 N–H and O–H groups in total. The van der Waals surface area contributed by atoms with Crippen LogP contribution in [-0.4, -0.2) is 50.1 Å². The number of carbonyl (C=O) groups excluding carboxylic acids is 2. The number of nitrogens with zero attached hydrogens (tertiary/aromatic N) is 2. The van der Waals surface area contributed by atoms with Crippen molar-refractivity contribution in [2.24, 2.45) is 0 Å². The molecule has 0 radical (unpaired) electrons. The van der Waals surface area contributed by atoms with E-state index in [1.165, 1.54) is 17.4 Å². The van der Waals surface area contributed by atoms with Crippen LogP contribution in [0.2, 0.25) is 4.34 Å². The number of hydrogen-bond acceptors (Lipinski definition) is 6. The second-order valence-corrected chi connectivity index (χ2v) is 12.9. The molecule has 0 aliphatic carbocycles. The highest BCUT2D eigenvalue weighted by Gasteiger charge is 2.35. The predicted octanol–water partition coefficient (Wildman–Crippen LogP) is 4.39. The van der Waals surface area contributed by atoms with Gasteiger partial charge in [-0.25, -0.2) is 13.2 Å². The average molecular weight is 538 g/mol. The quantitative estimate of drug-likeness (QED) is 0.610. The van der Waals surface area contributed by atoms with E-state index < -0.39 is 21.7 Å². The normalized spacial score (nSPS) is 18.9. The lowest BCUT2D eigenvalue weighted by atomic mass is 9.99. The third-order valence-electron chi connectivity index (χ3n) is 5.68. The number of halogens is 1. The molecule has 1 fully saturated rings. The Bertz CT molecular complexity index is 1270. The summed E-state index contributed by atoms with van der Waals surface area (Å²) in [4.78, 5) is 29.5. The van der Waals surface area contributed by atoms with Gasteiger partial charge in [-0.3, -0.25) is 4.79 Å². The summed E-state index contributed by atoms with van der Waals surface area (Å²) in [6.45, 7) is 6.85. The van der Waals surface area contributed by atoms with Gasteiger partial charge in [0.15, 0.2) is 0 Å². The van der Waals surface area contributed by atoms with Crippen molar-refractivity contribution in [2.75, 3.05) is 18.0 Å². The molecule has 4 rings (SSSR count). The zero-order valence-corrected chi connectivity index (χ0v) is 22.2. The number of hydrogen-bond donors (Lipinski definition) is 1. The second-order valence-electron chi connectivity index (χ2n) is 9.54. The van der Waals surface area contributed by atoms with E-state index in [0.29, 0.717) is 47.4 Å². The number of nitrogens with one attached hydrogen (secondary N) is 1. The fraction of sp³-hybridized carbons (Fsp3) is 0.417. The summed E-state index contributed by atoms with van der Waals surface area (Å²) >= 11 is 7.14. The minimum absolute atomic E-state index is 0.305. The monoisotopic (exact) mass is 537 g/mol. The van der Waals surface area contributed by atoms with Gasteiger partial charge >= 0.3 is 6.09 Å². The maximum absolute atomic E-state index is 13.0.